The minimum atomic E-state index is 0.613. The van der Waals surface area contributed by atoms with Gasteiger partial charge in [-0.05, 0) is 13.8 Å². The summed E-state index contributed by atoms with van der Waals surface area (Å²) in [6, 6.07) is 0. The summed E-state index contributed by atoms with van der Waals surface area (Å²) < 4.78 is 6.72. The fraction of sp³-hybridized carbons (Fsp3) is 0.667. The number of hydrogen-bond acceptors (Lipinski definition) is 3. The molecule has 10 heavy (non-hydrogen) atoms. The first-order valence-electron chi connectivity index (χ1n) is 3.23. The minimum absolute atomic E-state index is 0.613. The molecule has 1 heterocycles. The maximum atomic E-state index is 4.93. The monoisotopic (exact) mass is 141 g/mol. The van der Waals surface area contributed by atoms with Gasteiger partial charge in [0.05, 0.1) is 12.8 Å². The van der Waals surface area contributed by atoms with Crippen molar-refractivity contribution in [2.45, 2.75) is 20.4 Å². The van der Waals surface area contributed by atoms with Gasteiger partial charge in [-0.2, -0.15) is 0 Å². The van der Waals surface area contributed by atoms with Crippen LogP contribution in [0.5, 0.6) is 5.88 Å². The number of hydrogen-bond donors (Lipinski definition) is 0. The lowest BCUT2D eigenvalue weighted by Crippen LogP contribution is -1.98. The highest BCUT2D eigenvalue weighted by Gasteiger charge is 2.04. The van der Waals surface area contributed by atoms with Crippen LogP contribution >= 0.6 is 0 Å². The zero-order valence-electron chi connectivity index (χ0n) is 6.46. The van der Waals surface area contributed by atoms with Gasteiger partial charge >= 0.3 is 0 Å². The predicted molar refractivity (Wildman–Crippen MR) is 37.0 cm³/mol. The molecule has 0 atom stereocenters. The first-order valence-corrected chi connectivity index (χ1v) is 3.23. The van der Waals surface area contributed by atoms with Gasteiger partial charge in [-0.15, -0.1) is 0 Å². The summed E-state index contributed by atoms with van der Waals surface area (Å²) in [5.41, 5.74) is 0.977. The number of ether oxygens (including phenoxy) is 1. The van der Waals surface area contributed by atoms with Crippen LogP contribution in [0.15, 0.2) is 0 Å². The van der Waals surface area contributed by atoms with E-state index in [1.807, 2.05) is 13.8 Å². The molecule has 0 radical (unpaired) electrons. The summed E-state index contributed by atoms with van der Waals surface area (Å²) in [6.07, 6.45) is 0. The van der Waals surface area contributed by atoms with E-state index in [0.717, 1.165) is 12.2 Å². The van der Waals surface area contributed by atoms with Crippen LogP contribution in [0.2, 0.25) is 0 Å². The van der Waals surface area contributed by atoms with Crippen LogP contribution in [0.3, 0.4) is 0 Å². The van der Waals surface area contributed by atoms with E-state index >= 15 is 0 Å². The third-order valence-corrected chi connectivity index (χ3v) is 1.43. The number of rotatable bonds is 2. The summed E-state index contributed by atoms with van der Waals surface area (Å²) >= 11 is 0. The highest BCUT2D eigenvalue weighted by atomic mass is 16.5. The molecule has 0 fully saturated rings. The molecule has 0 amide bonds. The number of methoxy groups -OCH3 is 1. The third-order valence-electron chi connectivity index (χ3n) is 1.43. The van der Waals surface area contributed by atoms with Gasteiger partial charge in [-0.25, -0.2) is 4.68 Å². The molecule has 0 aromatic carbocycles. The SMILES string of the molecule is CCn1nnc(OC)c1C. The Morgan fingerprint density at radius 2 is 2.30 bits per heavy atom. The third kappa shape index (κ3) is 0.964. The smallest absolute Gasteiger partial charge is 0.256 e. The quantitative estimate of drug-likeness (QED) is 0.606. The molecule has 0 aliphatic rings. The summed E-state index contributed by atoms with van der Waals surface area (Å²) in [6.45, 7) is 4.78. The Balaban J connectivity index is 2.97. The van der Waals surface area contributed by atoms with Crippen LogP contribution in [0.4, 0.5) is 0 Å². The zero-order valence-corrected chi connectivity index (χ0v) is 6.46. The van der Waals surface area contributed by atoms with Gasteiger partial charge in [-0.1, -0.05) is 10.3 Å². The topological polar surface area (TPSA) is 39.9 Å². The molecule has 4 nitrogen and oxygen atoms in total. The van der Waals surface area contributed by atoms with Gasteiger partial charge in [0.2, 0.25) is 0 Å². The summed E-state index contributed by atoms with van der Waals surface area (Å²) in [4.78, 5) is 0. The molecule has 1 rings (SSSR count). The van der Waals surface area contributed by atoms with Gasteiger partial charge in [0.25, 0.3) is 5.88 Å². The average Bonchev–Trinajstić information content (AvgIpc) is 2.30. The van der Waals surface area contributed by atoms with Gasteiger partial charge in [-0.3, -0.25) is 0 Å². The number of aryl methyl sites for hydroxylation is 1. The van der Waals surface area contributed by atoms with Gasteiger partial charge in [0.1, 0.15) is 0 Å². The Morgan fingerprint density at radius 1 is 1.60 bits per heavy atom. The van der Waals surface area contributed by atoms with E-state index in [4.69, 9.17) is 4.74 Å². The van der Waals surface area contributed by atoms with Crippen molar-refractivity contribution in [1.82, 2.24) is 15.0 Å². The lowest BCUT2D eigenvalue weighted by molar-refractivity contribution is 0.394. The van der Waals surface area contributed by atoms with E-state index in [0.29, 0.717) is 5.88 Å². The van der Waals surface area contributed by atoms with Crippen LogP contribution < -0.4 is 4.74 Å². The summed E-state index contributed by atoms with van der Waals surface area (Å²) in [5, 5.41) is 7.64. The molecule has 0 bridgehead atoms. The Hall–Kier alpha value is -1.06. The van der Waals surface area contributed by atoms with Crippen LogP contribution in [-0.4, -0.2) is 22.1 Å². The van der Waals surface area contributed by atoms with E-state index in [9.17, 15) is 0 Å². The van der Waals surface area contributed by atoms with Gasteiger partial charge in [0, 0.05) is 6.54 Å². The molecule has 0 aliphatic heterocycles. The van der Waals surface area contributed by atoms with Gasteiger partial charge in [0.15, 0.2) is 0 Å². The zero-order chi connectivity index (χ0) is 7.56. The summed E-state index contributed by atoms with van der Waals surface area (Å²) in [7, 11) is 1.59. The Kier molecular flexibility index (Phi) is 1.89. The lowest BCUT2D eigenvalue weighted by Gasteiger charge is -1.96. The lowest BCUT2D eigenvalue weighted by atomic mass is 10.5. The van der Waals surface area contributed by atoms with Crippen molar-refractivity contribution < 1.29 is 4.74 Å². The molecule has 1 aromatic heterocycles. The largest absolute Gasteiger partial charge is 0.479 e. The Labute approximate surface area is 59.8 Å². The molecular formula is C6H11N3O. The highest BCUT2D eigenvalue weighted by molar-refractivity contribution is 5.13. The van der Waals surface area contributed by atoms with Crippen molar-refractivity contribution in [3.8, 4) is 5.88 Å². The second kappa shape index (κ2) is 2.68. The molecular weight excluding hydrogens is 130 g/mol. The highest BCUT2D eigenvalue weighted by Crippen LogP contribution is 2.10. The first kappa shape index (κ1) is 7.05. The van der Waals surface area contributed by atoms with Crippen molar-refractivity contribution in [3.63, 3.8) is 0 Å². The average molecular weight is 141 g/mol. The fourth-order valence-corrected chi connectivity index (χ4v) is 0.833. The van der Waals surface area contributed by atoms with Crippen molar-refractivity contribution in [3.05, 3.63) is 5.69 Å². The molecule has 0 unspecified atom stereocenters. The Bertz CT molecular complexity index is 197. The second-order valence-corrected chi connectivity index (χ2v) is 2.00. The van der Waals surface area contributed by atoms with E-state index in [1.165, 1.54) is 0 Å². The molecule has 0 spiro atoms. The molecule has 0 aliphatic carbocycles. The van der Waals surface area contributed by atoms with Crippen LogP contribution in [0.1, 0.15) is 12.6 Å². The van der Waals surface area contributed by atoms with E-state index in [-0.39, 0.29) is 0 Å². The molecule has 4 heteroatoms. The molecule has 0 N–H and O–H groups in total. The predicted octanol–water partition coefficient (Wildman–Crippen LogP) is 0.615. The van der Waals surface area contributed by atoms with Crippen molar-refractivity contribution in [1.29, 1.82) is 0 Å². The summed E-state index contributed by atoms with van der Waals surface area (Å²) in [5.74, 6) is 0.613. The van der Waals surface area contributed by atoms with Gasteiger partial charge < -0.3 is 4.74 Å². The molecule has 1 aromatic rings. The number of nitrogens with zero attached hydrogens (tertiary/aromatic N) is 3. The van der Waals surface area contributed by atoms with Crippen molar-refractivity contribution in [2.24, 2.45) is 0 Å². The number of aromatic nitrogens is 3. The maximum absolute atomic E-state index is 4.93. The minimum Gasteiger partial charge on any atom is -0.479 e. The fourth-order valence-electron chi connectivity index (χ4n) is 0.833. The van der Waals surface area contributed by atoms with Crippen molar-refractivity contribution >= 4 is 0 Å². The maximum Gasteiger partial charge on any atom is 0.256 e. The van der Waals surface area contributed by atoms with Crippen LogP contribution in [-0.2, 0) is 6.54 Å². The van der Waals surface area contributed by atoms with E-state index in [1.54, 1.807) is 11.8 Å². The van der Waals surface area contributed by atoms with Crippen LogP contribution in [0.25, 0.3) is 0 Å². The molecule has 56 valence electrons. The molecule has 0 saturated carbocycles. The van der Waals surface area contributed by atoms with E-state index in [2.05, 4.69) is 10.3 Å². The normalized spacial score (nSPS) is 9.90. The van der Waals surface area contributed by atoms with E-state index < -0.39 is 0 Å². The Morgan fingerprint density at radius 3 is 2.60 bits per heavy atom. The first-order chi connectivity index (χ1) is 4.79. The standard InChI is InChI=1S/C6H11N3O/c1-4-9-5(2)6(10-3)7-8-9/h4H2,1-3H3. The van der Waals surface area contributed by atoms with Crippen molar-refractivity contribution in [2.75, 3.05) is 7.11 Å². The van der Waals surface area contributed by atoms with Crippen LogP contribution in [0, 0.1) is 6.92 Å². The molecule has 0 saturated heterocycles. The second-order valence-electron chi connectivity index (χ2n) is 2.00.